The average molecular weight is 488 g/mol. The van der Waals surface area contributed by atoms with Gasteiger partial charge in [-0.2, -0.15) is 0 Å². The van der Waals surface area contributed by atoms with Crippen molar-refractivity contribution in [3.8, 4) is 0 Å². The van der Waals surface area contributed by atoms with Crippen molar-refractivity contribution in [2.75, 3.05) is 4.90 Å². The van der Waals surface area contributed by atoms with Gasteiger partial charge in [-0.3, -0.25) is 9.69 Å². The van der Waals surface area contributed by atoms with Gasteiger partial charge in [-0.05, 0) is 64.9 Å². The summed E-state index contributed by atoms with van der Waals surface area (Å²) in [5.41, 5.74) is 2.91. The second-order valence-corrected chi connectivity index (χ2v) is 8.51. The Labute approximate surface area is 193 Å². The maximum Gasteiger partial charge on any atom is 0.282 e. The van der Waals surface area contributed by atoms with Crippen LogP contribution in [0, 0.1) is 0 Å². The Balaban J connectivity index is 1.67. The van der Waals surface area contributed by atoms with E-state index in [1.807, 2.05) is 66.7 Å². The molecule has 0 spiro atoms. The molecule has 5 heteroatoms. The molecule has 4 aromatic carbocycles. The summed E-state index contributed by atoms with van der Waals surface area (Å²) >= 11 is 9.58. The Hall–Kier alpha value is -3.21. The van der Waals surface area contributed by atoms with Gasteiger partial charge in [-0.25, -0.2) is 4.99 Å². The molecule has 0 fully saturated rings. The Morgan fingerprint density at radius 2 is 1.61 bits per heavy atom. The van der Waals surface area contributed by atoms with Crippen LogP contribution in [0.5, 0.6) is 0 Å². The number of rotatable bonds is 3. The average Bonchev–Trinajstić information content (AvgIpc) is 3.10. The molecule has 0 atom stereocenters. The third-order valence-electron chi connectivity index (χ3n) is 5.14. The normalized spacial score (nSPS) is 15.0. The number of benzene rings is 4. The van der Waals surface area contributed by atoms with E-state index in [1.54, 1.807) is 17.0 Å². The SMILES string of the molecule is O=C1/C(=C\c2cccc3ccccc23)N=C(c2ccc(Cl)cc2)N1c1cccc(Br)c1. The smallest absolute Gasteiger partial charge is 0.266 e. The summed E-state index contributed by atoms with van der Waals surface area (Å²) in [4.78, 5) is 19.9. The predicted molar refractivity (Wildman–Crippen MR) is 132 cm³/mol. The van der Waals surface area contributed by atoms with Crippen molar-refractivity contribution in [2.24, 2.45) is 4.99 Å². The van der Waals surface area contributed by atoms with Gasteiger partial charge >= 0.3 is 0 Å². The van der Waals surface area contributed by atoms with E-state index in [4.69, 9.17) is 16.6 Å². The maximum absolute atomic E-state index is 13.5. The molecule has 0 saturated carbocycles. The molecule has 0 aliphatic carbocycles. The number of carbonyl (C=O) groups is 1. The first-order valence-corrected chi connectivity index (χ1v) is 10.9. The number of fused-ring (bicyclic) bond motifs is 1. The number of hydrogen-bond donors (Lipinski definition) is 0. The predicted octanol–water partition coefficient (Wildman–Crippen LogP) is 7.09. The van der Waals surface area contributed by atoms with E-state index < -0.39 is 0 Å². The number of amidine groups is 1. The van der Waals surface area contributed by atoms with Gasteiger partial charge in [-0.15, -0.1) is 0 Å². The lowest BCUT2D eigenvalue weighted by molar-refractivity contribution is -0.113. The van der Waals surface area contributed by atoms with Crippen LogP contribution >= 0.6 is 27.5 Å². The lowest BCUT2D eigenvalue weighted by Crippen LogP contribution is -2.32. The summed E-state index contributed by atoms with van der Waals surface area (Å²) in [6.45, 7) is 0. The molecule has 31 heavy (non-hydrogen) atoms. The highest BCUT2D eigenvalue weighted by Gasteiger charge is 2.32. The maximum atomic E-state index is 13.5. The molecule has 0 N–H and O–H groups in total. The minimum absolute atomic E-state index is 0.170. The summed E-state index contributed by atoms with van der Waals surface area (Å²) in [7, 11) is 0. The van der Waals surface area contributed by atoms with E-state index in [2.05, 4.69) is 34.1 Å². The Morgan fingerprint density at radius 1 is 0.871 bits per heavy atom. The van der Waals surface area contributed by atoms with Gasteiger partial charge in [-0.1, -0.05) is 76.1 Å². The van der Waals surface area contributed by atoms with Crippen molar-refractivity contribution in [3.63, 3.8) is 0 Å². The van der Waals surface area contributed by atoms with Crippen LogP contribution < -0.4 is 4.90 Å². The Bertz CT molecular complexity index is 1370. The molecular weight excluding hydrogens is 472 g/mol. The summed E-state index contributed by atoms with van der Waals surface area (Å²) in [6.07, 6.45) is 1.86. The van der Waals surface area contributed by atoms with Crippen LogP contribution in [0.4, 0.5) is 5.69 Å². The Morgan fingerprint density at radius 3 is 2.42 bits per heavy atom. The largest absolute Gasteiger partial charge is 0.282 e. The van der Waals surface area contributed by atoms with E-state index in [-0.39, 0.29) is 5.91 Å². The summed E-state index contributed by atoms with van der Waals surface area (Å²) in [5.74, 6) is 0.405. The summed E-state index contributed by atoms with van der Waals surface area (Å²) in [5, 5.41) is 2.83. The first-order valence-electron chi connectivity index (χ1n) is 9.74. The van der Waals surface area contributed by atoms with E-state index in [0.717, 1.165) is 32.1 Å². The highest BCUT2D eigenvalue weighted by Crippen LogP contribution is 2.31. The van der Waals surface area contributed by atoms with Crippen molar-refractivity contribution in [1.29, 1.82) is 0 Å². The molecule has 0 saturated heterocycles. The number of nitrogens with zero attached hydrogens (tertiary/aromatic N) is 2. The van der Waals surface area contributed by atoms with Gasteiger partial charge in [0.15, 0.2) is 0 Å². The van der Waals surface area contributed by atoms with Gasteiger partial charge in [0.1, 0.15) is 11.5 Å². The van der Waals surface area contributed by atoms with Crippen molar-refractivity contribution in [2.45, 2.75) is 0 Å². The van der Waals surface area contributed by atoms with Crippen molar-refractivity contribution < 1.29 is 4.79 Å². The van der Waals surface area contributed by atoms with Gasteiger partial charge < -0.3 is 0 Å². The highest BCUT2D eigenvalue weighted by molar-refractivity contribution is 9.10. The molecule has 150 valence electrons. The number of anilines is 1. The molecule has 0 aromatic heterocycles. The van der Waals surface area contributed by atoms with Crippen molar-refractivity contribution in [1.82, 2.24) is 0 Å². The van der Waals surface area contributed by atoms with Gasteiger partial charge in [0, 0.05) is 15.1 Å². The molecule has 0 unspecified atom stereocenters. The minimum atomic E-state index is -0.170. The molecular formula is C26H16BrClN2O. The molecule has 1 aliphatic rings. The van der Waals surface area contributed by atoms with Gasteiger partial charge in [0.05, 0.1) is 5.69 Å². The van der Waals surface area contributed by atoms with Crippen LogP contribution in [0.3, 0.4) is 0 Å². The Kier molecular flexibility index (Phi) is 5.18. The van der Waals surface area contributed by atoms with Crippen LogP contribution in [0.1, 0.15) is 11.1 Å². The first kappa shape index (κ1) is 19.7. The van der Waals surface area contributed by atoms with Crippen LogP contribution in [0.25, 0.3) is 16.8 Å². The third kappa shape index (κ3) is 3.80. The van der Waals surface area contributed by atoms with Crippen LogP contribution in [-0.4, -0.2) is 11.7 Å². The molecule has 4 aromatic rings. The van der Waals surface area contributed by atoms with Crippen molar-refractivity contribution >= 4 is 61.8 Å². The highest BCUT2D eigenvalue weighted by atomic mass is 79.9. The van der Waals surface area contributed by atoms with Crippen molar-refractivity contribution in [3.05, 3.63) is 117 Å². The van der Waals surface area contributed by atoms with E-state index >= 15 is 0 Å². The summed E-state index contributed by atoms with van der Waals surface area (Å²) < 4.78 is 0.889. The molecule has 1 aliphatic heterocycles. The number of carbonyl (C=O) groups excluding carboxylic acids is 1. The number of halogens is 2. The molecule has 1 amide bonds. The fourth-order valence-electron chi connectivity index (χ4n) is 3.69. The van der Waals surface area contributed by atoms with Gasteiger partial charge in [0.25, 0.3) is 5.91 Å². The fraction of sp³-hybridized carbons (Fsp3) is 0. The summed E-state index contributed by atoms with van der Waals surface area (Å²) in [6, 6.07) is 29.2. The number of amides is 1. The van der Waals surface area contributed by atoms with Crippen LogP contribution in [0.2, 0.25) is 5.02 Å². The molecule has 5 rings (SSSR count). The molecule has 0 bridgehead atoms. The molecule has 3 nitrogen and oxygen atoms in total. The fourth-order valence-corrected chi connectivity index (χ4v) is 4.20. The zero-order chi connectivity index (χ0) is 21.4. The second-order valence-electron chi connectivity index (χ2n) is 7.16. The van der Waals surface area contributed by atoms with E-state index in [0.29, 0.717) is 16.6 Å². The first-order chi connectivity index (χ1) is 15.1. The van der Waals surface area contributed by atoms with Crippen LogP contribution in [-0.2, 0) is 4.79 Å². The topological polar surface area (TPSA) is 32.7 Å². The lowest BCUT2D eigenvalue weighted by atomic mass is 10.0. The zero-order valence-corrected chi connectivity index (χ0v) is 18.6. The second kappa shape index (κ2) is 8.14. The zero-order valence-electron chi connectivity index (χ0n) is 16.3. The van der Waals surface area contributed by atoms with Crippen LogP contribution in [0.15, 0.2) is 106 Å². The lowest BCUT2D eigenvalue weighted by Gasteiger charge is -2.19. The van der Waals surface area contributed by atoms with E-state index in [9.17, 15) is 4.79 Å². The van der Waals surface area contributed by atoms with Gasteiger partial charge in [0.2, 0.25) is 0 Å². The standard InChI is InChI=1S/C26H16BrClN2O/c27-20-8-4-9-22(16-20)30-25(18-11-13-21(28)14-12-18)29-24(26(30)31)15-19-7-3-6-17-5-1-2-10-23(17)19/h1-16H/b24-15+. The quantitative estimate of drug-likeness (QED) is 0.284. The number of aliphatic imine (C=N–C) groups is 1. The molecule has 1 heterocycles. The minimum Gasteiger partial charge on any atom is -0.266 e. The number of hydrogen-bond acceptors (Lipinski definition) is 2. The van der Waals surface area contributed by atoms with E-state index in [1.165, 1.54) is 0 Å². The third-order valence-corrected chi connectivity index (χ3v) is 5.89. The monoisotopic (exact) mass is 486 g/mol. The molecule has 0 radical (unpaired) electrons.